The maximum Gasteiger partial charge on any atom is 0.258 e. The Balaban J connectivity index is 1.59. The van der Waals surface area contributed by atoms with Gasteiger partial charge in [-0.1, -0.05) is 36.4 Å². The largest absolute Gasteiger partial charge is 0.489 e. The number of ether oxygens (including phenoxy) is 1. The van der Waals surface area contributed by atoms with E-state index >= 15 is 0 Å². The fraction of sp³-hybridized carbons (Fsp3) is 0.174. The molecule has 0 spiro atoms. The van der Waals surface area contributed by atoms with Crippen molar-refractivity contribution in [1.29, 1.82) is 0 Å². The molecular weight excluding hydrogens is 350 g/mol. The lowest BCUT2D eigenvalue weighted by molar-refractivity contribution is 0.305. The fourth-order valence-electron chi connectivity index (χ4n) is 3.39. The first-order chi connectivity index (χ1) is 13.7. The Hall–Kier alpha value is -3.31. The molecule has 0 unspecified atom stereocenters. The van der Waals surface area contributed by atoms with Crippen LogP contribution in [0.2, 0.25) is 0 Å². The number of H-pyrrole nitrogens is 1. The lowest BCUT2D eigenvalue weighted by Gasteiger charge is -2.09. The molecule has 0 atom stereocenters. The third kappa shape index (κ3) is 3.57. The molecule has 4 aromatic rings. The first-order valence-electron chi connectivity index (χ1n) is 9.31. The van der Waals surface area contributed by atoms with E-state index < -0.39 is 0 Å². The standard InChI is InChI=1S/C23H23N3O2/c1-16-20-9-8-18(12-21(20)25-22(16)14-24-2)26-11-10-19(13-23(26)27)28-15-17-6-4-3-5-7-17/h3-13,24-25H,14-15H2,1-2H3. The fourth-order valence-corrected chi connectivity index (χ4v) is 3.39. The van der Waals surface area contributed by atoms with Gasteiger partial charge in [0.15, 0.2) is 0 Å². The summed E-state index contributed by atoms with van der Waals surface area (Å²) < 4.78 is 7.38. The summed E-state index contributed by atoms with van der Waals surface area (Å²) in [7, 11) is 1.93. The van der Waals surface area contributed by atoms with Gasteiger partial charge in [0.05, 0.1) is 5.69 Å². The van der Waals surface area contributed by atoms with Gasteiger partial charge in [0.1, 0.15) is 12.4 Å². The van der Waals surface area contributed by atoms with Crippen LogP contribution in [0.1, 0.15) is 16.8 Å². The zero-order valence-electron chi connectivity index (χ0n) is 16.0. The van der Waals surface area contributed by atoms with Gasteiger partial charge in [-0.05, 0) is 43.3 Å². The summed E-state index contributed by atoms with van der Waals surface area (Å²) in [4.78, 5) is 16.1. The second-order valence-corrected chi connectivity index (χ2v) is 6.83. The summed E-state index contributed by atoms with van der Waals surface area (Å²) >= 11 is 0. The molecule has 142 valence electrons. The predicted octanol–water partition coefficient (Wildman–Crippen LogP) is 3.93. The van der Waals surface area contributed by atoms with E-state index in [0.29, 0.717) is 12.4 Å². The van der Waals surface area contributed by atoms with Crippen LogP contribution in [0.3, 0.4) is 0 Å². The molecule has 0 saturated carbocycles. The lowest BCUT2D eigenvalue weighted by atomic mass is 10.1. The number of pyridine rings is 1. The number of hydrogen-bond donors (Lipinski definition) is 2. The average molecular weight is 373 g/mol. The molecule has 4 rings (SSSR count). The molecule has 0 aliphatic heterocycles. The van der Waals surface area contributed by atoms with Gasteiger partial charge in [-0.15, -0.1) is 0 Å². The molecule has 0 saturated heterocycles. The van der Waals surface area contributed by atoms with Crippen molar-refractivity contribution >= 4 is 10.9 Å². The summed E-state index contributed by atoms with van der Waals surface area (Å²) in [5.41, 5.74) is 5.18. The van der Waals surface area contributed by atoms with Gasteiger partial charge in [-0.3, -0.25) is 9.36 Å². The van der Waals surface area contributed by atoms with E-state index in [-0.39, 0.29) is 5.56 Å². The van der Waals surface area contributed by atoms with Crippen molar-refractivity contribution in [3.63, 3.8) is 0 Å². The monoisotopic (exact) mass is 373 g/mol. The quantitative estimate of drug-likeness (QED) is 0.538. The van der Waals surface area contributed by atoms with Gasteiger partial charge in [0, 0.05) is 35.4 Å². The van der Waals surface area contributed by atoms with Crippen molar-refractivity contribution in [1.82, 2.24) is 14.9 Å². The Kier molecular flexibility index (Phi) is 5.00. The average Bonchev–Trinajstić information content (AvgIpc) is 3.02. The Bertz CT molecular complexity index is 1160. The topological polar surface area (TPSA) is 59.1 Å². The normalized spacial score (nSPS) is 11.1. The van der Waals surface area contributed by atoms with Gasteiger partial charge in [-0.25, -0.2) is 0 Å². The highest BCUT2D eigenvalue weighted by molar-refractivity contribution is 5.86. The molecule has 0 bridgehead atoms. The van der Waals surface area contributed by atoms with Crippen LogP contribution in [0.5, 0.6) is 5.75 Å². The molecule has 0 radical (unpaired) electrons. The Morgan fingerprint density at radius 2 is 1.89 bits per heavy atom. The second kappa shape index (κ2) is 7.74. The first-order valence-corrected chi connectivity index (χ1v) is 9.31. The van der Waals surface area contributed by atoms with Gasteiger partial charge in [-0.2, -0.15) is 0 Å². The number of benzene rings is 2. The van der Waals surface area contributed by atoms with Crippen LogP contribution in [0, 0.1) is 6.92 Å². The molecule has 5 heteroatoms. The van der Waals surface area contributed by atoms with E-state index in [1.807, 2.05) is 55.6 Å². The summed E-state index contributed by atoms with van der Waals surface area (Å²) in [5.74, 6) is 0.568. The van der Waals surface area contributed by atoms with Crippen molar-refractivity contribution in [2.24, 2.45) is 0 Å². The van der Waals surface area contributed by atoms with Crippen LogP contribution in [0.15, 0.2) is 71.7 Å². The van der Waals surface area contributed by atoms with Crippen LogP contribution < -0.4 is 15.6 Å². The minimum absolute atomic E-state index is 0.122. The number of hydrogen-bond acceptors (Lipinski definition) is 3. The zero-order valence-corrected chi connectivity index (χ0v) is 16.0. The van der Waals surface area contributed by atoms with Crippen molar-refractivity contribution in [2.45, 2.75) is 20.1 Å². The van der Waals surface area contributed by atoms with Crippen LogP contribution in [-0.2, 0) is 13.2 Å². The Morgan fingerprint density at radius 3 is 2.64 bits per heavy atom. The molecule has 5 nitrogen and oxygen atoms in total. The summed E-state index contributed by atoms with van der Waals surface area (Å²) in [6, 6.07) is 19.3. The minimum atomic E-state index is -0.122. The number of aryl methyl sites for hydroxylation is 1. The van der Waals surface area contributed by atoms with Crippen molar-refractivity contribution in [3.8, 4) is 11.4 Å². The molecule has 2 heterocycles. The number of nitrogens with one attached hydrogen (secondary N) is 2. The van der Waals surface area contributed by atoms with E-state index in [1.165, 1.54) is 17.0 Å². The van der Waals surface area contributed by atoms with E-state index in [2.05, 4.69) is 23.3 Å². The first kappa shape index (κ1) is 18.1. The Morgan fingerprint density at radius 1 is 1.07 bits per heavy atom. The smallest absolute Gasteiger partial charge is 0.258 e. The molecule has 2 aromatic heterocycles. The van der Waals surface area contributed by atoms with Gasteiger partial charge in [0.25, 0.3) is 5.56 Å². The highest BCUT2D eigenvalue weighted by Gasteiger charge is 2.09. The maximum atomic E-state index is 12.6. The van der Waals surface area contributed by atoms with Gasteiger partial charge >= 0.3 is 0 Å². The third-order valence-electron chi connectivity index (χ3n) is 4.92. The second-order valence-electron chi connectivity index (χ2n) is 6.83. The van der Waals surface area contributed by atoms with Crippen LogP contribution in [-0.4, -0.2) is 16.6 Å². The number of aromatic nitrogens is 2. The minimum Gasteiger partial charge on any atom is -0.489 e. The van der Waals surface area contributed by atoms with E-state index in [0.717, 1.165) is 29.0 Å². The molecular formula is C23H23N3O2. The summed E-state index contributed by atoms with van der Waals surface area (Å²) in [5, 5.41) is 4.34. The van der Waals surface area contributed by atoms with Crippen molar-refractivity contribution in [3.05, 3.63) is 94.0 Å². The Labute approximate surface area is 163 Å². The molecule has 2 aromatic carbocycles. The zero-order chi connectivity index (χ0) is 19.5. The van der Waals surface area contributed by atoms with Crippen LogP contribution in [0.4, 0.5) is 0 Å². The summed E-state index contributed by atoms with van der Waals surface area (Å²) in [6.07, 6.45) is 1.76. The molecule has 0 aliphatic rings. The lowest BCUT2D eigenvalue weighted by Crippen LogP contribution is -2.16. The van der Waals surface area contributed by atoms with E-state index in [1.54, 1.807) is 10.8 Å². The van der Waals surface area contributed by atoms with E-state index in [4.69, 9.17) is 4.74 Å². The highest BCUT2D eigenvalue weighted by Crippen LogP contribution is 2.24. The third-order valence-corrected chi connectivity index (χ3v) is 4.92. The molecule has 0 amide bonds. The van der Waals surface area contributed by atoms with Gasteiger partial charge in [0.2, 0.25) is 0 Å². The molecule has 2 N–H and O–H groups in total. The van der Waals surface area contributed by atoms with Crippen LogP contribution >= 0.6 is 0 Å². The van der Waals surface area contributed by atoms with Crippen LogP contribution in [0.25, 0.3) is 16.6 Å². The molecule has 0 aliphatic carbocycles. The number of nitrogens with zero attached hydrogens (tertiary/aromatic N) is 1. The molecule has 28 heavy (non-hydrogen) atoms. The van der Waals surface area contributed by atoms with Gasteiger partial charge < -0.3 is 15.0 Å². The number of rotatable bonds is 6. The van der Waals surface area contributed by atoms with Crippen molar-refractivity contribution in [2.75, 3.05) is 7.05 Å². The predicted molar refractivity (Wildman–Crippen MR) is 112 cm³/mol. The number of aromatic amines is 1. The molecule has 0 fully saturated rings. The SMILES string of the molecule is CNCc1[nH]c2cc(-n3ccc(OCc4ccccc4)cc3=O)ccc2c1C. The highest BCUT2D eigenvalue weighted by atomic mass is 16.5. The number of fused-ring (bicyclic) bond motifs is 1. The maximum absolute atomic E-state index is 12.6. The van der Waals surface area contributed by atoms with Crippen molar-refractivity contribution < 1.29 is 4.74 Å². The van der Waals surface area contributed by atoms with E-state index in [9.17, 15) is 4.79 Å². The summed E-state index contributed by atoms with van der Waals surface area (Å²) in [6.45, 7) is 3.33.